The molecule has 2 aliphatic rings. The van der Waals surface area contributed by atoms with Gasteiger partial charge in [-0.05, 0) is 45.1 Å². The van der Waals surface area contributed by atoms with E-state index in [0.717, 1.165) is 13.0 Å². The van der Waals surface area contributed by atoms with Gasteiger partial charge in [-0.15, -0.1) is 0 Å². The normalized spacial score (nSPS) is 32.8. The summed E-state index contributed by atoms with van der Waals surface area (Å²) in [7, 11) is -0.548. The average Bonchev–Trinajstić information content (AvgIpc) is 2.85. The van der Waals surface area contributed by atoms with Crippen molar-refractivity contribution in [1.29, 1.82) is 0 Å². The molecule has 0 amide bonds. The predicted molar refractivity (Wildman–Crippen MR) is 74.7 cm³/mol. The minimum atomic E-state index is -0.548. The van der Waals surface area contributed by atoms with Crippen molar-refractivity contribution >= 4 is 10.8 Å². The summed E-state index contributed by atoms with van der Waals surface area (Å²) in [5.74, 6) is 0. The van der Waals surface area contributed by atoms with Gasteiger partial charge in [-0.2, -0.15) is 0 Å². The Bertz CT molecular complexity index is 251. The third kappa shape index (κ3) is 3.78. The molecule has 3 unspecified atom stereocenters. The molecule has 0 aromatic carbocycles. The van der Waals surface area contributed by atoms with Crippen LogP contribution in [0.5, 0.6) is 0 Å². The van der Waals surface area contributed by atoms with Crippen LogP contribution >= 0.6 is 0 Å². The Hall–Kier alpha value is 0.110. The van der Waals surface area contributed by atoms with E-state index in [1.807, 2.05) is 0 Å². The van der Waals surface area contributed by atoms with Crippen molar-refractivity contribution in [1.82, 2.24) is 5.32 Å². The molecule has 0 aliphatic heterocycles. The van der Waals surface area contributed by atoms with Gasteiger partial charge < -0.3 is 5.32 Å². The van der Waals surface area contributed by atoms with Gasteiger partial charge in [-0.1, -0.05) is 26.2 Å². The van der Waals surface area contributed by atoms with E-state index < -0.39 is 10.8 Å². The summed E-state index contributed by atoms with van der Waals surface area (Å²) in [4.78, 5) is 0. The fourth-order valence-corrected chi connectivity index (χ4v) is 5.39. The molecule has 2 saturated carbocycles. The Morgan fingerprint density at radius 3 is 2.53 bits per heavy atom. The van der Waals surface area contributed by atoms with Gasteiger partial charge in [0.1, 0.15) is 0 Å². The topological polar surface area (TPSA) is 29.1 Å². The Labute approximate surface area is 108 Å². The first-order chi connectivity index (χ1) is 8.31. The predicted octanol–water partition coefficient (Wildman–Crippen LogP) is 2.99. The lowest BCUT2D eigenvalue weighted by atomic mass is 10.0. The summed E-state index contributed by atoms with van der Waals surface area (Å²) in [6.07, 6.45) is 11.2. The van der Waals surface area contributed by atoms with Crippen molar-refractivity contribution in [2.45, 2.75) is 81.3 Å². The van der Waals surface area contributed by atoms with Crippen molar-refractivity contribution in [3.05, 3.63) is 0 Å². The molecule has 17 heavy (non-hydrogen) atoms. The molecular formula is C14H27NOS. The second-order valence-electron chi connectivity index (χ2n) is 5.67. The molecule has 0 aromatic rings. The van der Waals surface area contributed by atoms with E-state index in [0.29, 0.717) is 16.5 Å². The summed E-state index contributed by atoms with van der Waals surface area (Å²) >= 11 is 0. The minimum Gasteiger partial charge on any atom is -0.314 e. The van der Waals surface area contributed by atoms with E-state index in [2.05, 4.69) is 12.2 Å². The molecule has 3 atom stereocenters. The van der Waals surface area contributed by atoms with E-state index in [1.165, 1.54) is 51.4 Å². The largest absolute Gasteiger partial charge is 0.314 e. The van der Waals surface area contributed by atoms with Crippen LogP contribution in [-0.2, 0) is 10.8 Å². The van der Waals surface area contributed by atoms with Crippen molar-refractivity contribution in [3.63, 3.8) is 0 Å². The highest BCUT2D eigenvalue weighted by molar-refractivity contribution is 7.86. The second-order valence-corrected chi connectivity index (χ2v) is 7.67. The van der Waals surface area contributed by atoms with Crippen LogP contribution in [0.3, 0.4) is 0 Å². The summed E-state index contributed by atoms with van der Waals surface area (Å²) < 4.78 is 12.5. The summed E-state index contributed by atoms with van der Waals surface area (Å²) in [6.45, 7) is 3.33. The number of nitrogens with one attached hydrogen (secondary N) is 1. The molecule has 0 heterocycles. The maximum atomic E-state index is 12.5. The molecule has 0 radical (unpaired) electrons. The number of hydrogen-bond acceptors (Lipinski definition) is 2. The zero-order valence-corrected chi connectivity index (χ0v) is 11.9. The van der Waals surface area contributed by atoms with Crippen LogP contribution in [0.2, 0.25) is 0 Å². The summed E-state index contributed by atoms with van der Waals surface area (Å²) in [6, 6.07) is 0.646. The van der Waals surface area contributed by atoms with Crippen LogP contribution < -0.4 is 5.32 Å². The number of hydrogen-bond donors (Lipinski definition) is 1. The highest BCUT2D eigenvalue weighted by Gasteiger charge is 2.32. The Balaban J connectivity index is 1.76. The Morgan fingerprint density at radius 1 is 1.06 bits per heavy atom. The Kier molecular flexibility index (Phi) is 5.49. The molecule has 0 bridgehead atoms. The van der Waals surface area contributed by atoms with Crippen LogP contribution in [-0.4, -0.2) is 27.3 Å². The molecule has 2 rings (SSSR count). The highest BCUT2D eigenvalue weighted by atomic mass is 32.2. The first kappa shape index (κ1) is 13.5. The standard InChI is InChI=1S/C14H27NOS/c1-2-10-15-12-8-9-14(11-12)17(16)13-6-4-3-5-7-13/h12-15H,2-11H2,1H3. The van der Waals surface area contributed by atoms with E-state index in [-0.39, 0.29) is 0 Å². The molecule has 1 N–H and O–H groups in total. The maximum absolute atomic E-state index is 12.5. The third-order valence-electron chi connectivity index (χ3n) is 4.28. The van der Waals surface area contributed by atoms with Gasteiger partial charge >= 0.3 is 0 Å². The van der Waals surface area contributed by atoms with Crippen LogP contribution in [0.25, 0.3) is 0 Å². The quantitative estimate of drug-likeness (QED) is 0.820. The van der Waals surface area contributed by atoms with Crippen molar-refractivity contribution in [2.75, 3.05) is 6.54 Å². The molecule has 0 saturated heterocycles. The van der Waals surface area contributed by atoms with Crippen molar-refractivity contribution in [2.24, 2.45) is 0 Å². The van der Waals surface area contributed by atoms with E-state index in [4.69, 9.17) is 0 Å². The van der Waals surface area contributed by atoms with Gasteiger partial charge in [-0.3, -0.25) is 4.21 Å². The highest BCUT2D eigenvalue weighted by Crippen LogP contribution is 2.30. The monoisotopic (exact) mass is 257 g/mol. The fraction of sp³-hybridized carbons (Fsp3) is 1.00. The second kappa shape index (κ2) is 6.89. The summed E-state index contributed by atoms with van der Waals surface area (Å²) in [5.41, 5.74) is 0. The lowest BCUT2D eigenvalue weighted by Gasteiger charge is -2.24. The van der Waals surface area contributed by atoms with E-state index in [1.54, 1.807) is 0 Å². The fourth-order valence-electron chi connectivity index (χ4n) is 3.25. The lowest BCUT2D eigenvalue weighted by Crippen LogP contribution is -2.30. The van der Waals surface area contributed by atoms with E-state index in [9.17, 15) is 4.21 Å². The maximum Gasteiger partial charge on any atom is 0.0366 e. The number of rotatable bonds is 5. The zero-order valence-electron chi connectivity index (χ0n) is 11.1. The third-order valence-corrected chi connectivity index (χ3v) is 6.49. The smallest absolute Gasteiger partial charge is 0.0366 e. The van der Waals surface area contributed by atoms with Crippen molar-refractivity contribution in [3.8, 4) is 0 Å². The molecule has 0 spiro atoms. The van der Waals surface area contributed by atoms with Crippen LogP contribution in [0.1, 0.15) is 64.7 Å². The van der Waals surface area contributed by atoms with Gasteiger partial charge in [0.2, 0.25) is 0 Å². The summed E-state index contributed by atoms with van der Waals surface area (Å²) in [5, 5.41) is 4.60. The molecular weight excluding hydrogens is 230 g/mol. The molecule has 100 valence electrons. The zero-order chi connectivity index (χ0) is 12.1. The SMILES string of the molecule is CCCNC1CCC(S(=O)C2CCCCC2)C1. The lowest BCUT2D eigenvalue weighted by molar-refractivity contribution is 0.499. The van der Waals surface area contributed by atoms with Crippen LogP contribution in [0.4, 0.5) is 0 Å². The van der Waals surface area contributed by atoms with Gasteiger partial charge in [0, 0.05) is 27.3 Å². The first-order valence-corrected chi connectivity index (χ1v) is 8.71. The Morgan fingerprint density at radius 2 is 1.82 bits per heavy atom. The molecule has 0 aromatic heterocycles. The van der Waals surface area contributed by atoms with Gasteiger partial charge in [0.15, 0.2) is 0 Å². The van der Waals surface area contributed by atoms with Gasteiger partial charge in [0.25, 0.3) is 0 Å². The van der Waals surface area contributed by atoms with Gasteiger partial charge in [0.05, 0.1) is 0 Å². The van der Waals surface area contributed by atoms with Crippen LogP contribution in [0.15, 0.2) is 0 Å². The van der Waals surface area contributed by atoms with E-state index >= 15 is 0 Å². The van der Waals surface area contributed by atoms with Gasteiger partial charge in [-0.25, -0.2) is 0 Å². The molecule has 2 fully saturated rings. The molecule has 2 aliphatic carbocycles. The average molecular weight is 257 g/mol. The molecule has 2 nitrogen and oxygen atoms in total. The van der Waals surface area contributed by atoms with Crippen LogP contribution in [0, 0.1) is 0 Å². The molecule has 3 heteroatoms. The minimum absolute atomic E-state index is 0.493. The first-order valence-electron chi connectivity index (χ1n) is 7.44. The van der Waals surface area contributed by atoms with Crippen molar-refractivity contribution < 1.29 is 4.21 Å².